The number of rotatable bonds is 9. The Hall–Kier alpha value is -1.89. The average molecular weight is 374 g/mol. The Morgan fingerprint density at radius 2 is 1.81 bits per heavy atom. The molecule has 0 spiro atoms. The number of hydrogen-bond donors (Lipinski definition) is 2. The number of aliphatic imine (C=N–C) groups is 1. The molecule has 2 saturated carbocycles. The molecule has 0 aromatic carbocycles. The number of hydrogen-bond acceptors (Lipinski definition) is 4. The van der Waals surface area contributed by atoms with Crippen LogP contribution in [-0.2, 0) is 14.3 Å². The number of allylic oxidation sites excluding steroid dienone is 2. The third-order valence-electron chi connectivity index (χ3n) is 6.22. The summed E-state index contributed by atoms with van der Waals surface area (Å²) >= 11 is 0. The highest BCUT2D eigenvalue weighted by Gasteiger charge is 2.58. The van der Waals surface area contributed by atoms with Crippen LogP contribution in [0.15, 0.2) is 17.1 Å². The number of amides is 2. The lowest BCUT2D eigenvalue weighted by Gasteiger charge is -2.18. The molecule has 27 heavy (non-hydrogen) atoms. The zero-order valence-electron chi connectivity index (χ0n) is 16.0. The molecule has 3 aliphatic carbocycles. The first kappa shape index (κ1) is 18.5. The van der Waals surface area contributed by atoms with Gasteiger partial charge in [0.25, 0.3) is 0 Å². The van der Waals surface area contributed by atoms with E-state index in [2.05, 4.69) is 27.8 Å². The van der Waals surface area contributed by atoms with E-state index in [0.717, 1.165) is 38.5 Å². The summed E-state index contributed by atoms with van der Waals surface area (Å²) in [6.07, 6.45) is 8.78. The van der Waals surface area contributed by atoms with Crippen LogP contribution in [0.3, 0.4) is 0 Å². The molecule has 2 bridgehead atoms. The number of guanidine groups is 1. The van der Waals surface area contributed by atoms with Crippen LogP contribution in [0.4, 0.5) is 0 Å². The van der Waals surface area contributed by atoms with E-state index >= 15 is 0 Å². The molecule has 2 N–H and O–H groups in total. The Labute approximate surface area is 160 Å². The summed E-state index contributed by atoms with van der Waals surface area (Å²) in [6, 6.07) is 0. The second-order valence-electron chi connectivity index (χ2n) is 8.13. The smallest absolute Gasteiger partial charge is 0.233 e. The molecule has 3 fully saturated rings. The van der Waals surface area contributed by atoms with Crippen LogP contribution in [0.5, 0.6) is 0 Å². The first-order valence-electron chi connectivity index (χ1n) is 10.2. The molecule has 2 amide bonds. The van der Waals surface area contributed by atoms with E-state index < -0.39 is 0 Å². The molecule has 0 aromatic heterocycles. The Morgan fingerprint density at radius 1 is 1.15 bits per heavy atom. The first-order chi connectivity index (χ1) is 13.2. The van der Waals surface area contributed by atoms with E-state index in [0.29, 0.717) is 19.0 Å². The van der Waals surface area contributed by atoms with Gasteiger partial charge in [-0.15, -0.1) is 0 Å². The maximum atomic E-state index is 12.6. The molecule has 148 valence electrons. The van der Waals surface area contributed by atoms with Gasteiger partial charge in [0, 0.05) is 39.9 Å². The summed E-state index contributed by atoms with van der Waals surface area (Å²) in [4.78, 5) is 30.9. The van der Waals surface area contributed by atoms with Gasteiger partial charge in [0.15, 0.2) is 5.96 Å². The van der Waals surface area contributed by atoms with Crippen molar-refractivity contribution in [3.8, 4) is 0 Å². The van der Waals surface area contributed by atoms with Crippen LogP contribution in [0, 0.1) is 29.6 Å². The molecule has 4 atom stereocenters. The molecule has 1 heterocycles. The molecule has 1 saturated heterocycles. The zero-order valence-corrected chi connectivity index (χ0v) is 16.0. The molecule has 4 rings (SSSR count). The number of nitrogens with one attached hydrogen (secondary N) is 2. The van der Waals surface area contributed by atoms with Crippen molar-refractivity contribution in [1.29, 1.82) is 0 Å². The van der Waals surface area contributed by atoms with Gasteiger partial charge in [0.05, 0.1) is 11.8 Å². The second-order valence-corrected chi connectivity index (χ2v) is 8.13. The minimum Gasteiger partial charge on any atom is -0.381 e. The lowest BCUT2D eigenvalue weighted by molar-refractivity contribution is -0.140. The Balaban J connectivity index is 1.14. The molecule has 0 radical (unpaired) electrons. The van der Waals surface area contributed by atoms with Crippen LogP contribution >= 0.6 is 0 Å². The predicted molar refractivity (Wildman–Crippen MR) is 102 cm³/mol. The molecule has 7 nitrogen and oxygen atoms in total. The Morgan fingerprint density at radius 3 is 2.44 bits per heavy atom. The van der Waals surface area contributed by atoms with Gasteiger partial charge in [-0.3, -0.25) is 19.5 Å². The summed E-state index contributed by atoms with van der Waals surface area (Å²) < 4.78 is 5.62. The minimum absolute atomic E-state index is 0.0133. The van der Waals surface area contributed by atoms with Gasteiger partial charge in [-0.1, -0.05) is 12.2 Å². The molecule has 0 aromatic rings. The summed E-state index contributed by atoms with van der Waals surface area (Å²) in [6.45, 7) is 3.35. The van der Waals surface area contributed by atoms with Crippen molar-refractivity contribution in [3.63, 3.8) is 0 Å². The van der Waals surface area contributed by atoms with E-state index in [-0.39, 0.29) is 35.5 Å². The van der Waals surface area contributed by atoms with Gasteiger partial charge >= 0.3 is 0 Å². The van der Waals surface area contributed by atoms with Crippen molar-refractivity contribution in [2.45, 2.75) is 25.7 Å². The maximum absolute atomic E-state index is 12.6. The van der Waals surface area contributed by atoms with Crippen molar-refractivity contribution in [2.75, 3.05) is 39.9 Å². The second kappa shape index (κ2) is 8.00. The topological polar surface area (TPSA) is 83.0 Å². The maximum Gasteiger partial charge on any atom is 0.233 e. The average Bonchev–Trinajstić information content (AvgIpc) is 3.17. The molecule has 4 unspecified atom stereocenters. The van der Waals surface area contributed by atoms with Gasteiger partial charge in [0.1, 0.15) is 0 Å². The SMILES string of the molecule is CN=C(NCCCOCC1CC1)NCCN1C(=O)C2C3C=CC(C3)C2C1=O. The fraction of sp³-hybridized carbons (Fsp3) is 0.750. The number of imide groups is 1. The van der Waals surface area contributed by atoms with Crippen molar-refractivity contribution in [2.24, 2.45) is 34.6 Å². The Bertz CT molecular complexity index is 613. The quantitative estimate of drug-likeness (QED) is 0.205. The molecular formula is C20H30N4O3. The summed E-state index contributed by atoms with van der Waals surface area (Å²) in [5.41, 5.74) is 0. The van der Waals surface area contributed by atoms with E-state index in [1.807, 2.05) is 0 Å². The van der Waals surface area contributed by atoms with Crippen LogP contribution in [0.25, 0.3) is 0 Å². The lowest BCUT2D eigenvalue weighted by Crippen LogP contribution is -2.44. The zero-order chi connectivity index (χ0) is 18.8. The fourth-order valence-corrected chi connectivity index (χ4v) is 4.61. The van der Waals surface area contributed by atoms with Crippen molar-refractivity contribution >= 4 is 17.8 Å². The van der Waals surface area contributed by atoms with E-state index in [9.17, 15) is 9.59 Å². The molecule has 7 heteroatoms. The molecular weight excluding hydrogens is 344 g/mol. The van der Waals surface area contributed by atoms with Crippen LogP contribution in [0.1, 0.15) is 25.7 Å². The number of ether oxygens (including phenoxy) is 1. The summed E-state index contributed by atoms with van der Waals surface area (Å²) in [5.74, 6) is 1.84. The standard InChI is InChI=1S/C20H30N4O3/c1-21-20(22-7-2-10-27-12-13-3-4-13)23-8-9-24-18(25)16-14-5-6-15(11-14)17(16)19(24)26/h5-6,13-17H,2-4,7-12H2,1H3,(H2,21,22,23). The number of nitrogens with zero attached hydrogens (tertiary/aromatic N) is 2. The Kier molecular flexibility index (Phi) is 5.48. The number of carbonyl (C=O) groups excluding carboxylic acids is 2. The van der Waals surface area contributed by atoms with Crippen LogP contribution in [0.2, 0.25) is 0 Å². The van der Waals surface area contributed by atoms with Crippen LogP contribution < -0.4 is 10.6 Å². The van der Waals surface area contributed by atoms with Gasteiger partial charge in [-0.05, 0) is 43.4 Å². The highest BCUT2D eigenvalue weighted by Crippen LogP contribution is 2.52. The van der Waals surface area contributed by atoms with Gasteiger partial charge < -0.3 is 15.4 Å². The van der Waals surface area contributed by atoms with Crippen molar-refractivity contribution in [3.05, 3.63) is 12.2 Å². The molecule has 4 aliphatic rings. The largest absolute Gasteiger partial charge is 0.381 e. The monoisotopic (exact) mass is 374 g/mol. The van der Waals surface area contributed by atoms with E-state index in [1.165, 1.54) is 17.7 Å². The van der Waals surface area contributed by atoms with Gasteiger partial charge in [0.2, 0.25) is 11.8 Å². The summed E-state index contributed by atoms with van der Waals surface area (Å²) in [7, 11) is 1.72. The number of likely N-dealkylation sites (tertiary alicyclic amines) is 1. The van der Waals surface area contributed by atoms with Gasteiger partial charge in [-0.2, -0.15) is 0 Å². The first-order valence-corrected chi connectivity index (χ1v) is 10.2. The van der Waals surface area contributed by atoms with E-state index in [4.69, 9.17) is 4.74 Å². The van der Waals surface area contributed by atoms with Crippen LogP contribution in [-0.4, -0.2) is 62.6 Å². The van der Waals surface area contributed by atoms with Gasteiger partial charge in [-0.25, -0.2) is 0 Å². The predicted octanol–water partition coefficient (Wildman–Crippen LogP) is 0.775. The summed E-state index contributed by atoms with van der Waals surface area (Å²) in [5, 5.41) is 6.44. The third-order valence-corrected chi connectivity index (χ3v) is 6.22. The van der Waals surface area contributed by atoms with E-state index in [1.54, 1.807) is 7.05 Å². The van der Waals surface area contributed by atoms with Crippen molar-refractivity contribution < 1.29 is 14.3 Å². The lowest BCUT2D eigenvalue weighted by atomic mass is 9.85. The molecule has 1 aliphatic heterocycles. The van der Waals surface area contributed by atoms with Crippen molar-refractivity contribution in [1.82, 2.24) is 15.5 Å². The highest BCUT2D eigenvalue weighted by molar-refractivity contribution is 6.06. The normalized spacial score (nSPS) is 31.7. The fourth-order valence-electron chi connectivity index (χ4n) is 4.61. The number of carbonyl (C=O) groups is 2. The number of fused-ring (bicyclic) bond motifs is 5. The minimum atomic E-state index is -0.111. The third kappa shape index (κ3) is 3.88. The highest BCUT2D eigenvalue weighted by atomic mass is 16.5.